The van der Waals surface area contributed by atoms with Crippen molar-refractivity contribution in [1.29, 1.82) is 0 Å². The van der Waals surface area contributed by atoms with Crippen molar-refractivity contribution < 1.29 is 4.79 Å². The van der Waals surface area contributed by atoms with E-state index in [-0.39, 0.29) is 5.91 Å². The van der Waals surface area contributed by atoms with Gasteiger partial charge in [-0.25, -0.2) is 0 Å². The monoisotopic (exact) mass is 344 g/mol. The van der Waals surface area contributed by atoms with E-state index in [1.807, 2.05) is 44.3 Å². The van der Waals surface area contributed by atoms with E-state index >= 15 is 0 Å². The molecule has 21 heavy (non-hydrogen) atoms. The number of nitrogens with zero attached hydrogens (tertiary/aromatic N) is 3. The summed E-state index contributed by atoms with van der Waals surface area (Å²) in [5.41, 5.74) is 4.09. The number of nitrogens with one attached hydrogen (secondary N) is 1. The first-order chi connectivity index (χ1) is 10.0. The molecule has 2 aromatic heterocycles. The van der Waals surface area contributed by atoms with Crippen LogP contribution in [0.1, 0.15) is 21.5 Å². The molecule has 5 nitrogen and oxygen atoms in total. The number of aromatic nitrogens is 3. The van der Waals surface area contributed by atoms with Crippen LogP contribution in [0.25, 0.3) is 5.65 Å². The maximum atomic E-state index is 12.4. The number of carbonyl (C=O) groups is 1. The molecule has 0 saturated heterocycles. The molecule has 1 aromatic carbocycles. The molecule has 0 unspecified atom stereocenters. The van der Waals surface area contributed by atoms with E-state index in [4.69, 9.17) is 0 Å². The van der Waals surface area contributed by atoms with Gasteiger partial charge in [-0.3, -0.25) is 9.20 Å². The fourth-order valence-corrected chi connectivity index (χ4v) is 2.52. The van der Waals surface area contributed by atoms with Crippen LogP contribution in [0.5, 0.6) is 0 Å². The van der Waals surface area contributed by atoms with Gasteiger partial charge in [0, 0.05) is 16.2 Å². The van der Waals surface area contributed by atoms with Gasteiger partial charge in [-0.15, -0.1) is 10.2 Å². The van der Waals surface area contributed by atoms with Crippen LogP contribution < -0.4 is 5.32 Å². The van der Waals surface area contributed by atoms with Gasteiger partial charge >= 0.3 is 0 Å². The molecule has 0 atom stereocenters. The Morgan fingerprint density at radius 2 is 2.05 bits per heavy atom. The second-order valence-electron chi connectivity index (χ2n) is 4.89. The Hall–Kier alpha value is -2.21. The average molecular weight is 345 g/mol. The third-order valence-corrected chi connectivity index (χ3v) is 3.81. The number of pyridine rings is 1. The molecule has 0 aliphatic heterocycles. The fourth-order valence-electron chi connectivity index (χ4n) is 2.07. The first kappa shape index (κ1) is 13.8. The molecule has 106 valence electrons. The van der Waals surface area contributed by atoms with Crippen LogP contribution in [-0.4, -0.2) is 20.5 Å². The molecule has 0 aliphatic carbocycles. The number of amides is 1. The zero-order valence-electron chi connectivity index (χ0n) is 11.6. The van der Waals surface area contributed by atoms with Crippen LogP contribution in [0, 0.1) is 13.8 Å². The third kappa shape index (κ3) is 2.67. The van der Waals surface area contributed by atoms with E-state index in [9.17, 15) is 4.79 Å². The molecule has 0 saturated carbocycles. The summed E-state index contributed by atoms with van der Waals surface area (Å²) in [5.74, 6) is -0.166. The van der Waals surface area contributed by atoms with Crippen LogP contribution in [0.3, 0.4) is 0 Å². The fraction of sp³-hybridized carbons (Fsp3) is 0.133. The van der Waals surface area contributed by atoms with Crippen molar-refractivity contribution in [3.63, 3.8) is 0 Å². The van der Waals surface area contributed by atoms with Gasteiger partial charge in [0.1, 0.15) is 6.33 Å². The SMILES string of the molecule is Cc1ccc(C(=O)Nc2cc(Br)cn3cnnc23)cc1C. The van der Waals surface area contributed by atoms with Gasteiger partial charge in [-0.1, -0.05) is 6.07 Å². The standard InChI is InChI=1S/C15H13BrN4O/c1-9-3-4-11(5-10(9)2)15(21)18-13-6-12(16)7-20-8-17-19-14(13)20/h3-8H,1-2H3,(H,18,21). The van der Waals surface area contributed by atoms with Gasteiger partial charge in [-0.05, 0) is 59.1 Å². The van der Waals surface area contributed by atoms with E-state index in [0.717, 1.165) is 15.6 Å². The lowest BCUT2D eigenvalue weighted by Crippen LogP contribution is -2.13. The maximum Gasteiger partial charge on any atom is 0.255 e. The molecule has 0 bridgehead atoms. The Morgan fingerprint density at radius 3 is 2.81 bits per heavy atom. The van der Waals surface area contributed by atoms with Crippen molar-refractivity contribution in [2.45, 2.75) is 13.8 Å². The Kier molecular flexibility index (Phi) is 3.47. The number of fused-ring (bicyclic) bond motifs is 1. The quantitative estimate of drug-likeness (QED) is 0.775. The van der Waals surface area contributed by atoms with Gasteiger partial charge in [0.2, 0.25) is 0 Å². The lowest BCUT2D eigenvalue weighted by molar-refractivity contribution is 0.102. The lowest BCUT2D eigenvalue weighted by Gasteiger charge is -2.08. The van der Waals surface area contributed by atoms with E-state index in [0.29, 0.717) is 16.9 Å². The summed E-state index contributed by atoms with van der Waals surface area (Å²) in [6, 6.07) is 7.45. The molecule has 0 aliphatic rings. The summed E-state index contributed by atoms with van der Waals surface area (Å²) >= 11 is 3.41. The van der Waals surface area contributed by atoms with Gasteiger partial charge in [0.25, 0.3) is 5.91 Å². The van der Waals surface area contributed by atoms with Crippen LogP contribution in [0.4, 0.5) is 5.69 Å². The number of halogens is 1. The van der Waals surface area contributed by atoms with Crippen molar-refractivity contribution in [1.82, 2.24) is 14.6 Å². The van der Waals surface area contributed by atoms with Gasteiger partial charge < -0.3 is 5.32 Å². The highest BCUT2D eigenvalue weighted by molar-refractivity contribution is 9.10. The smallest absolute Gasteiger partial charge is 0.255 e. The summed E-state index contributed by atoms with van der Waals surface area (Å²) in [6.45, 7) is 4.01. The number of anilines is 1. The van der Waals surface area contributed by atoms with E-state index in [2.05, 4.69) is 31.4 Å². The molecule has 6 heteroatoms. The molecule has 0 spiro atoms. The summed E-state index contributed by atoms with van der Waals surface area (Å²) in [7, 11) is 0. The second kappa shape index (κ2) is 5.29. The summed E-state index contributed by atoms with van der Waals surface area (Å²) in [6.07, 6.45) is 3.42. The summed E-state index contributed by atoms with van der Waals surface area (Å²) in [5, 5.41) is 10.7. The highest BCUT2D eigenvalue weighted by atomic mass is 79.9. The van der Waals surface area contributed by atoms with Crippen molar-refractivity contribution in [2.24, 2.45) is 0 Å². The zero-order valence-corrected chi connectivity index (χ0v) is 13.2. The molecule has 3 aromatic rings. The highest BCUT2D eigenvalue weighted by Gasteiger charge is 2.11. The number of hydrogen-bond acceptors (Lipinski definition) is 3. The van der Waals surface area contributed by atoms with Crippen molar-refractivity contribution in [3.8, 4) is 0 Å². The first-order valence-electron chi connectivity index (χ1n) is 6.42. The molecule has 1 amide bonds. The topological polar surface area (TPSA) is 59.3 Å². The molecule has 3 rings (SSSR count). The largest absolute Gasteiger partial charge is 0.319 e. The molecule has 1 N–H and O–H groups in total. The van der Waals surface area contributed by atoms with Crippen molar-refractivity contribution in [3.05, 3.63) is 58.0 Å². The third-order valence-electron chi connectivity index (χ3n) is 3.38. The predicted octanol–water partition coefficient (Wildman–Crippen LogP) is 3.36. The summed E-state index contributed by atoms with van der Waals surface area (Å²) < 4.78 is 2.59. The first-order valence-corrected chi connectivity index (χ1v) is 7.21. The highest BCUT2D eigenvalue weighted by Crippen LogP contribution is 2.21. The molecule has 0 fully saturated rings. The number of aryl methyl sites for hydroxylation is 2. The van der Waals surface area contributed by atoms with Crippen molar-refractivity contribution in [2.75, 3.05) is 5.32 Å². The molecular weight excluding hydrogens is 332 g/mol. The minimum atomic E-state index is -0.166. The minimum Gasteiger partial charge on any atom is -0.319 e. The van der Waals surface area contributed by atoms with E-state index in [1.54, 1.807) is 10.7 Å². The Labute approximate surface area is 130 Å². The predicted molar refractivity (Wildman–Crippen MR) is 84.6 cm³/mol. The number of rotatable bonds is 2. The number of benzene rings is 1. The Morgan fingerprint density at radius 1 is 1.24 bits per heavy atom. The molecule has 0 radical (unpaired) electrons. The lowest BCUT2D eigenvalue weighted by atomic mass is 10.1. The zero-order chi connectivity index (χ0) is 15.0. The molecule has 2 heterocycles. The van der Waals surface area contributed by atoms with E-state index < -0.39 is 0 Å². The van der Waals surface area contributed by atoms with Gasteiger partial charge in [0.15, 0.2) is 5.65 Å². The Bertz CT molecular complexity index is 841. The van der Waals surface area contributed by atoms with Crippen LogP contribution in [0.2, 0.25) is 0 Å². The normalized spacial score (nSPS) is 10.8. The molecular formula is C15H13BrN4O. The summed E-state index contributed by atoms with van der Waals surface area (Å²) in [4.78, 5) is 12.4. The Balaban J connectivity index is 1.96. The van der Waals surface area contributed by atoms with E-state index in [1.165, 1.54) is 0 Å². The number of carbonyl (C=O) groups excluding carboxylic acids is 1. The van der Waals surface area contributed by atoms with Gasteiger partial charge in [0.05, 0.1) is 5.69 Å². The average Bonchev–Trinajstić information content (AvgIpc) is 2.90. The van der Waals surface area contributed by atoms with Gasteiger partial charge in [-0.2, -0.15) is 0 Å². The van der Waals surface area contributed by atoms with Crippen molar-refractivity contribution >= 4 is 33.2 Å². The second-order valence-corrected chi connectivity index (χ2v) is 5.80. The number of hydrogen-bond donors (Lipinski definition) is 1. The van der Waals surface area contributed by atoms with Crippen LogP contribution in [0.15, 0.2) is 41.3 Å². The van der Waals surface area contributed by atoms with Crippen LogP contribution >= 0.6 is 15.9 Å². The van der Waals surface area contributed by atoms with Crippen LogP contribution in [-0.2, 0) is 0 Å². The minimum absolute atomic E-state index is 0.166. The maximum absolute atomic E-state index is 12.4.